The minimum absolute atomic E-state index is 0.110. The number of ether oxygens (including phenoxy) is 2. The molecule has 3 atom stereocenters. The van der Waals surface area contributed by atoms with Crippen LogP contribution >= 0.6 is 15.9 Å². The largest absolute Gasteiger partial charge is 0.496 e. The maximum absolute atomic E-state index is 12.6. The fourth-order valence-electron chi connectivity index (χ4n) is 2.64. The van der Waals surface area contributed by atoms with Crippen LogP contribution in [0.2, 0.25) is 0 Å². The van der Waals surface area contributed by atoms with E-state index < -0.39 is 10.2 Å². The Labute approximate surface area is 146 Å². The molecule has 1 aromatic carbocycles. The molecule has 6 nitrogen and oxygen atoms in total. The van der Waals surface area contributed by atoms with E-state index >= 15 is 0 Å². The molecule has 1 aromatic rings. The summed E-state index contributed by atoms with van der Waals surface area (Å²) in [6.45, 7) is 6.29. The van der Waals surface area contributed by atoms with Crippen LogP contribution in [0, 0.1) is 0 Å². The van der Waals surface area contributed by atoms with Crippen LogP contribution in [0.3, 0.4) is 0 Å². The Balaban J connectivity index is 2.11. The molecule has 8 heteroatoms. The molecule has 0 saturated carbocycles. The predicted molar refractivity (Wildman–Crippen MR) is 92.7 cm³/mol. The van der Waals surface area contributed by atoms with Crippen molar-refractivity contribution in [2.45, 2.75) is 39.0 Å². The molecular formula is C15H23BrN2O4S. The van der Waals surface area contributed by atoms with Crippen LogP contribution in [-0.2, 0) is 14.9 Å². The van der Waals surface area contributed by atoms with Gasteiger partial charge >= 0.3 is 0 Å². The zero-order valence-electron chi connectivity index (χ0n) is 13.7. The summed E-state index contributed by atoms with van der Waals surface area (Å²) >= 11 is 3.42. The van der Waals surface area contributed by atoms with Crippen LogP contribution in [0.15, 0.2) is 22.7 Å². The predicted octanol–water partition coefficient (Wildman–Crippen LogP) is 2.46. The summed E-state index contributed by atoms with van der Waals surface area (Å²) < 4.78 is 40.9. The van der Waals surface area contributed by atoms with Gasteiger partial charge in [0.1, 0.15) is 5.75 Å². The first-order valence-electron chi connectivity index (χ1n) is 7.49. The number of halogens is 1. The van der Waals surface area contributed by atoms with Gasteiger partial charge in [0.2, 0.25) is 0 Å². The summed E-state index contributed by atoms with van der Waals surface area (Å²) in [5.41, 5.74) is 0.857. The van der Waals surface area contributed by atoms with Crippen molar-refractivity contribution in [3.05, 3.63) is 28.2 Å². The van der Waals surface area contributed by atoms with Crippen LogP contribution in [0.4, 0.5) is 0 Å². The van der Waals surface area contributed by atoms with Gasteiger partial charge in [-0.2, -0.15) is 17.4 Å². The van der Waals surface area contributed by atoms with Gasteiger partial charge in [-0.25, -0.2) is 0 Å². The molecule has 2 rings (SSSR count). The van der Waals surface area contributed by atoms with Gasteiger partial charge in [0.15, 0.2) is 0 Å². The van der Waals surface area contributed by atoms with Crippen LogP contribution in [0.1, 0.15) is 32.4 Å². The molecule has 0 aliphatic carbocycles. The van der Waals surface area contributed by atoms with E-state index in [1.54, 1.807) is 7.11 Å². The Bertz CT molecular complexity index is 643. The van der Waals surface area contributed by atoms with Crippen molar-refractivity contribution >= 4 is 26.1 Å². The van der Waals surface area contributed by atoms with E-state index in [9.17, 15) is 8.42 Å². The maximum atomic E-state index is 12.6. The van der Waals surface area contributed by atoms with E-state index in [1.165, 1.54) is 4.31 Å². The van der Waals surface area contributed by atoms with Gasteiger partial charge in [-0.1, -0.05) is 6.07 Å². The van der Waals surface area contributed by atoms with E-state index in [1.807, 2.05) is 39.0 Å². The summed E-state index contributed by atoms with van der Waals surface area (Å²) in [6.07, 6.45) is -0.221. The quantitative estimate of drug-likeness (QED) is 0.815. The molecule has 0 bridgehead atoms. The highest BCUT2D eigenvalue weighted by molar-refractivity contribution is 9.10. The number of hydrogen-bond donors (Lipinski definition) is 1. The van der Waals surface area contributed by atoms with Crippen molar-refractivity contribution < 1.29 is 17.9 Å². The molecule has 1 saturated heterocycles. The first kappa shape index (κ1) is 18.7. The molecule has 23 heavy (non-hydrogen) atoms. The monoisotopic (exact) mass is 406 g/mol. The Morgan fingerprint density at radius 1 is 1.35 bits per heavy atom. The van der Waals surface area contributed by atoms with Gasteiger partial charge in [-0.3, -0.25) is 0 Å². The van der Waals surface area contributed by atoms with Crippen molar-refractivity contribution in [3.8, 4) is 5.75 Å². The van der Waals surface area contributed by atoms with Crippen molar-refractivity contribution in [2.75, 3.05) is 20.2 Å². The molecule has 0 spiro atoms. The normalized spacial score (nSPS) is 24.4. The number of nitrogens with zero attached hydrogens (tertiary/aromatic N) is 1. The summed E-state index contributed by atoms with van der Waals surface area (Å²) in [4.78, 5) is 0. The Morgan fingerprint density at radius 3 is 2.48 bits per heavy atom. The molecule has 1 heterocycles. The minimum Gasteiger partial charge on any atom is -0.496 e. The van der Waals surface area contributed by atoms with Gasteiger partial charge in [0.25, 0.3) is 10.2 Å². The third kappa shape index (κ3) is 4.67. The lowest BCUT2D eigenvalue weighted by atomic mass is 10.1. The molecule has 1 N–H and O–H groups in total. The third-order valence-corrected chi connectivity index (χ3v) is 5.98. The number of morpholine rings is 1. The average Bonchev–Trinajstić information content (AvgIpc) is 2.45. The summed E-state index contributed by atoms with van der Waals surface area (Å²) in [7, 11) is -1.98. The lowest BCUT2D eigenvalue weighted by Crippen LogP contribution is -2.52. The summed E-state index contributed by atoms with van der Waals surface area (Å²) in [6, 6.07) is 5.16. The highest BCUT2D eigenvalue weighted by atomic mass is 79.9. The average molecular weight is 407 g/mol. The zero-order valence-corrected chi connectivity index (χ0v) is 16.1. The van der Waals surface area contributed by atoms with Gasteiger partial charge in [0, 0.05) is 19.1 Å². The molecule has 0 radical (unpaired) electrons. The Morgan fingerprint density at radius 2 is 1.96 bits per heavy atom. The Kier molecular flexibility index (Phi) is 6.07. The fraction of sp³-hybridized carbons (Fsp3) is 0.600. The number of hydrogen-bond acceptors (Lipinski definition) is 4. The molecular weight excluding hydrogens is 384 g/mol. The second-order valence-corrected chi connectivity index (χ2v) is 8.37. The van der Waals surface area contributed by atoms with E-state index in [0.29, 0.717) is 18.8 Å². The maximum Gasteiger partial charge on any atom is 0.280 e. The van der Waals surface area contributed by atoms with Crippen molar-refractivity contribution in [2.24, 2.45) is 0 Å². The summed E-state index contributed by atoms with van der Waals surface area (Å²) in [5, 5.41) is 0. The van der Waals surface area contributed by atoms with Gasteiger partial charge in [-0.05, 0) is 54.4 Å². The number of nitrogens with one attached hydrogen (secondary N) is 1. The molecule has 130 valence electrons. The standard InChI is InChI=1S/C15H23BrN2O4S/c1-10-8-18(9-11(2)22-10)23(19,20)17-12(3)13-5-6-15(21-4)14(16)7-13/h5-7,10-12,17H,8-9H2,1-4H3. The van der Waals surface area contributed by atoms with Gasteiger partial charge < -0.3 is 9.47 Å². The number of benzene rings is 1. The second-order valence-electron chi connectivity index (χ2n) is 5.81. The van der Waals surface area contributed by atoms with Crippen LogP contribution in [0.5, 0.6) is 5.75 Å². The highest BCUT2D eigenvalue weighted by Crippen LogP contribution is 2.28. The number of methoxy groups -OCH3 is 1. The molecule has 1 aliphatic heterocycles. The Hall–Kier alpha value is -0.670. The highest BCUT2D eigenvalue weighted by Gasteiger charge is 2.32. The van der Waals surface area contributed by atoms with E-state index in [4.69, 9.17) is 9.47 Å². The van der Waals surface area contributed by atoms with E-state index in [2.05, 4.69) is 20.7 Å². The lowest BCUT2D eigenvalue weighted by molar-refractivity contribution is -0.0444. The van der Waals surface area contributed by atoms with E-state index in [-0.39, 0.29) is 18.2 Å². The molecule has 0 aromatic heterocycles. The van der Waals surface area contributed by atoms with Gasteiger partial charge in [-0.15, -0.1) is 0 Å². The first-order chi connectivity index (χ1) is 10.7. The summed E-state index contributed by atoms with van der Waals surface area (Å²) in [5.74, 6) is 0.708. The molecule has 0 amide bonds. The zero-order chi connectivity index (χ0) is 17.2. The van der Waals surface area contributed by atoms with Crippen molar-refractivity contribution in [3.63, 3.8) is 0 Å². The van der Waals surface area contributed by atoms with Crippen LogP contribution in [-0.4, -0.2) is 45.1 Å². The fourth-order valence-corrected chi connectivity index (χ4v) is 4.75. The van der Waals surface area contributed by atoms with E-state index in [0.717, 1.165) is 10.0 Å². The second kappa shape index (κ2) is 7.48. The minimum atomic E-state index is -3.57. The first-order valence-corrected chi connectivity index (χ1v) is 9.72. The molecule has 1 aliphatic rings. The van der Waals surface area contributed by atoms with Crippen LogP contribution in [0.25, 0.3) is 0 Å². The van der Waals surface area contributed by atoms with Crippen LogP contribution < -0.4 is 9.46 Å². The molecule has 1 fully saturated rings. The van der Waals surface area contributed by atoms with Crippen molar-refractivity contribution in [1.82, 2.24) is 9.03 Å². The van der Waals surface area contributed by atoms with Crippen molar-refractivity contribution in [1.29, 1.82) is 0 Å². The third-order valence-electron chi connectivity index (χ3n) is 3.73. The lowest BCUT2D eigenvalue weighted by Gasteiger charge is -2.35. The molecule has 3 unspecified atom stereocenters. The SMILES string of the molecule is COc1ccc(C(C)NS(=O)(=O)N2CC(C)OC(C)C2)cc1Br. The topological polar surface area (TPSA) is 67.9 Å². The smallest absolute Gasteiger partial charge is 0.280 e. The number of rotatable bonds is 5. The van der Waals surface area contributed by atoms with Gasteiger partial charge in [0.05, 0.1) is 23.8 Å².